The second kappa shape index (κ2) is 9.60. The molecule has 1 aliphatic rings. The minimum atomic E-state index is -0.205. The molecule has 1 aliphatic heterocycles. The Bertz CT molecular complexity index is 965. The van der Waals surface area contributed by atoms with E-state index in [4.69, 9.17) is 4.74 Å². The van der Waals surface area contributed by atoms with Crippen molar-refractivity contribution in [3.05, 3.63) is 65.6 Å². The maximum Gasteiger partial charge on any atom is 0.123 e. The number of H-pyrrole nitrogens is 1. The Morgan fingerprint density at radius 2 is 1.83 bits per heavy atom. The van der Waals surface area contributed by atoms with E-state index >= 15 is 0 Å². The molecular weight excluding hydrogens is 379 g/mol. The minimum Gasteiger partial charge on any atom is -0.492 e. The monoisotopic (exact) mass is 410 g/mol. The fraction of sp³-hybridized carbons (Fsp3) is 0.417. The molecule has 1 N–H and O–H groups in total. The summed E-state index contributed by atoms with van der Waals surface area (Å²) in [5.41, 5.74) is 3.22. The molecule has 160 valence electrons. The maximum absolute atomic E-state index is 13.4. The molecule has 5 nitrogen and oxygen atoms in total. The van der Waals surface area contributed by atoms with Gasteiger partial charge < -0.3 is 14.6 Å². The first-order valence-corrected chi connectivity index (χ1v) is 10.6. The number of benzene rings is 2. The highest BCUT2D eigenvalue weighted by atomic mass is 19.1. The Morgan fingerprint density at radius 3 is 2.67 bits per heavy atom. The number of likely N-dealkylation sites (N-methyl/N-ethyl adjacent to an activating group) is 1. The van der Waals surface area contributed by atoms with Gasteiger partial charge in [0.15, 0.2) is 0 Å². The van der Waals surface area contributed by atoms with Crippen molar-refractivity contribution in [2.24, 2.45) is 0 Å². The highest BCUT2D eigenvalue weighted by Gasteiger charge is 2.14. The number of fused-ring (bicyclic) bond motifs is 1. The van der Waals surface area contributed by atoms with Crippen molar-refractivity contribution in [2.75, 3.05) is 53.4 Å². The van der Waals surface area contributed by atoms with Crippen molar-refractivity contribution in [1.29, 1.82) is 0 Å². The molecule has 0 unspecified atom stereocenters. The third-order valence-corrected chi connectivity index (χ3v) is 5.75. The molecule has 0 bridgehead atoms. The topological polar surface area (TPSA) is 34.7 Å². The van der Waals surface area contributed by atoms with Crippen LogP contribution in [0.4, 0.5) is 4.39 Å². The Kier molecular flexibility index (Phi) is 6.67. The first-order valence-electron chi connectivity index (χ1n) is 10.6. The lowest BCUT2D eigenvalue weighted by molar-refractivity contribution is 0.133. The van der Waals surface area contributed by atoms with E-state index in [1.54, 1.807) is 12.1 Å². The summed E-state index contributed by atoms with van der Waals surface area (Å²) >= 11 is 0. The Morgan fingerprint density at radius 1 is 1.03 bits per heavy atom. The van der Waals surface area contributed by atoms with E-state index in [2.05, 4.69) is 52.0 Å². The summed E-state index contributed by atoms with van der Waals surface area (Å²) in [6.45, 7) is 7.68. The van der Waals surface area contributed by atoms with E-state index in [9.17, 15) is 4.39 Å². The molecule has 1 aromatic heterocycles. The molecule has 0 spiro atoms. The van der Waals surface area contributed by atoms with Crippen molar-refractivity contribution < 1.29 is 9.13 Å². The van der Waals surface area contributed by atoms with Gasteiger partial charge in [0.25, 0.3) is 0 Å². The SMILES string of the molecule is CN1CCN(CCOc2ccccc2CN(C)Cc2cc3cc(F)ccc3[nH]2)CC1. The first-order chi connectivity index (χ1) is 14.6. The number of piperazine rings is 1. The molecule has 1 saturated heterocycles. The number of hydrogen-bond acceptors (Lipinski definition) is 4. The van der Waals surface area contributed by atoms with Gasteiger partial charge in [-0.3, -0.25) is 9.80 Å². The van der Waals surface area contributed by atoms with Crippen LogP contribution in [0.1, 0.15) is 11.3 Å². The van der Waals surface area contributed by atoms with Gasteiger partial charge >= 0.3 is 0 Å². The van der Waals surface area contributed by atoms with Crippen molar-refractivity contribution in [1.82, 2.24) is 19.7 Å². The van der Waals surface area contributed by atoms with Gasteiger partial charge in [-0.1, -0.05) is 18.2 Å². The number of aromatic nitrogens is 1. The molecule has 0 atom stereocenters. The number of halogens is 1. The van der Waals surface area contributed by atoms with E-state index in [0.717, 1.165) is 68.2 Å². The number of rotatable bonds is 8. The molecule has 4 rings (SSSR count). The van der Waals surface area contributed by atoms with E-state index in [-0.39, 0.29) is 5.82 Å². The van der Waals surface area contributed by atoms with Gasteiger partial charge in [0, 0.05) is 68.0 Å². The molecule has 1 fully saturated rings. The summed E-state index contributed by atoms with van der Waals surface area (Å²) in [5.74, 6) is 0.751. The largest absolute Gasteiger partial charge is 0.492 e. The third kappa shape index (κ3) is 5.39. The highest BCUT2D eigenvalue weighted by Crippen LogP contribution is 2.22. The van der Waals surface area contributed by atoms with Crippen LogP contribution < -0.4 is 4.74 Å². The van der Waals surface area contributed by atoms with Crippen molar-refractivity contribution in [3.8, 4) is 5.75 Å². The predicted octanol–water partition coefficient (Wildman–Crippen LogP) is 3.57. The first kappa shape index (κ1) is 20.8. The Labute approximate surface area is 178 Å². The molecule has 0 saturated carbocycles. The van der Waals surface area contributed by atoms with Crippen LogP contribution in [0.2, 0.25) is 0 Å². The van der Waals surface area contributed by atoms with E-state index in [1.807, 2.05) is 12.1 Å². The summed E-state index contributed by atoms with van der Waals surface area (Å²) in [7, 11) is 4.27. The van der Waals surface area contributed by atoms with Crippen LogP contribution in [0, 0.1) is 5.82 Å². The van der Waals surface area contributed by atoms with Gasteiger partial charge in [-0.2, -0.15) is 0 Å². The molecule has 0 aliphatic carbocycles. The second-order valence-electron chi connectivity index (χ2n) is 8.30. The zero-order chi connectivity index (χ0) is 20.9. The number of ether oxygens (including phenoxy) is 1. The molecule has 2 heterocycles. The number of nitrogens with one attached hydrogen (secondary N) is 1. The fourth-order valence-corrected chi connectivity index (χ4v) is 4.02. The van der Waals surface area contributed by atoms with Gasteiger partial charge in [0.1, 0.15) is 18.2 Å². The van der Waals surface area contributed by atoms with Crippen LogP contribution in [-0.4, -0.2) is 73.1 Å². The fourth-order valence-electron chi connectivity index (χ4n) is 4.02. The lowest BCUT2D eigenvalue weighted by Gasteiger charge is -2.32. The second-order valence-corrected chi connectivity index (χ2v) is 8.30. The molecule has 2 aromatic carbocycles. The zero-order valence-corrected chi connectivity index (χ0v) is 17.9. The normalized spacial score (nSPS) is 15.9. The van der Waals surface area contributed by atoms with Gasteiger partial charge in [-0.25, -0.2) is 4.39 Å². The highest BCUT2D eigenvalue weighted by molar-refractivity contribution is 5.80. The average Bonchev–Trinajstić information content (AvgIpc) is 3.12. The van der Waals surface area contributed by atoms with E-state index < -0.39 is 0 Å². The third-order valence-electron chi connectivity index (χ3n) is 5.75. The predicted molar refractivity (Wildman–Crippen MR) is 119 cm³/mol. The Hall–Kier alpha value is -2.41. The molecule has 0 radical (unpaired) electrons. The van der Waals surface area contributed by atoms with E-state index in [0.29, 0.717) is 6.61 Å². The quantitative estimate of drug-likeness (QED) is 0.616. The molecular formula is C24H31FN4O. The maximum atomic E-state index is 13.4. The van der Waals surface area contributed by atoms with Crippen LogP contribution >= 0.6 is 0 Å². The van der Waals surface area contributed by atoms with Gasteiger partial charge in [0.2, 0.25) is 0 Å². The summed E-state index contributed by atoms with van der Waals surface area (Å²) in [6.07, 6.45) is 0. The zero-order valence-electron chi connectivity index (χ0n) is 17.9. The smallest absolute Gasteiger partial charge is 0.123 e. The summed E-state index contributed by atoms with van der Waals surface area (Å²) in [5, 5.41) is 0.908. The standard InChI is InChI=1S/C24H31FN4O/c1-27-9-11-29(12-10-27)13-14-30-24-6-4-3-5-19(24)17-28(2)18-22-16-20-15-21(25)7-8-23(20)26-22/h3-8,15-16,26H,9-14,17-18H2,1-2H3. The summed E-state index contributed by atoms with van der Waals surface area (Å²) in [6, 6.07) is 15.1. The van der Waals surface area contributed by atoms with Gasteiger partial charge in [-0.05, 0) is 44.4 Å². The Balaban J connectivity index is 1.32. The van der Waals surface area contributed by atoms with E-state index in [1.165, 1.54) is 11.6 Å². The molecule has 30 heavy (non-hydrogen) atoms. The van der Waals surface area contributed by atoms with Crippen LogP contribution in [0.25, 0.3) is 10.9 Å². The number of nitrogens with zero attached hydrogens (tertiary/aromatic N) is 3. The molecule has 6 heteroatoms. The van der Waals surface area contributed by atoms with Crippen LogP contribution in [0.5, 0.6) is 5.75 Å². The van der Waals surface area contributed by atoms with Crippen LogP contribution in [-0.2, 0) is 13.1 Å². The van der Waals surface area contributed by atoms with Crippen LogP contribution in [0.3, 0.4) is 0 Å². The molecule has 0 amide bonds. The van der Waals surface area contributed by atoms with Crippen molar-refractivity contribution in [2.45, 2.75) is 13.1 Å². The average molecular weight is 411 g/mol. The van der Waals surface area contributed by atoms with Crippen molar-refractivity contribution >= 4 is 10.9 Å². The summed E-state index contributed by atoms with van der Waals surface area (Å²) < 4.78 is 19.6. The summed E-state index contributed by atoms with van der Waals surface area (Å²) in [4.78, 5) is 10.5. The lowest BCUT2D eigenvalue weighted by Crippen LogP contribution is -2.45. The number of aromatic amines is 1. The molecule has 3 aromatic rings. The lowest BCUT2D eigenvalue weighted by atomic mass is 10.2. The van der Waals surface area contributed by atoms with Crippen LogP contribution in [0.15, 0.2) is 48.5 Å². The minimum absolute atomic E-state index is 0.205. The number of hydrogen-bond donors (Lipinski definition) is 1. The van der Waals surface area contributed by atoms with Crippen molar-refractivity contribution in [3.63, 3.8) is 0 Å². The number of para-hydroxylation sites is 1. The van der Waals surface area contributed by atoms with Gasteiger partial charge in [0.05, 0.1) is 0 Å². The van der Waals surface area contributed by atoms with Gasteiger partial charge in [-0.15, -0.1) is 0 Å².